The third kappa shape index (κ3) is 7.84. The third-order valence-corrected chi connectivity index (χ3v) is 7.01. The first kappa shape index (κ1) is 30.9. The van der Waals surface area contributed by atoms with Crippen molar-refractivity contribution in [2.45, 2.75) is 25.4 Å². The molecule has 226 valence electrons. The van der Waals surface area contributed by atoms with Crippen LogP contribution in [0.5, 0.6) is 0 Å². The van der Waals surface area contributed by atoms with Gasteiger partial charge in [-0.25, -0.2) is 4.79 Å². The molecule has 2 N–H and O–H groups in total. The van der Waals surface area contributed by atoms with Crippen LogP contribution >= 0.6 is 0 Å². The van der Waals surface area contributed by atoms with Gasteiger partial charge in [0.05, 0.1) is 6.54 Å². The van der Waals surface area contributed by atoms with Gasteiger partial charge in [-0.05, 0) is 47.2 Å². The molecule has 0 aliphatic carbocycles. The number of carbonyl (C=O) groups is 3. The zero-order valence-corrected chi connectivity index (χ0v) is 23.7. The van der Waals surface area contributed by atoms with Gasteiger partial charge in [0.25, 0.3) is 5.91 Å². The zero-order valence-electron chi connectivity index (χ0n) is 23.7. The van der Waals surface area contributed by atoms with E-state index in [4.69, 9.17) is 9.90 Å². The Hall–Kier alpha value is -5.01. The van der Waals surface area contributed by atoms with Gasteiger partial charge in [0, 0.05) is 56.6 Å². The number of pyridine rings is 1. The van der Waals surface area contributed by atoms with Crippen molar-refractivity contribution < 1.29 is 32.7 Å². The number of hydrogen-bond donors (Lipinski definition) is 2. The molecule has 0 bridgehead atoms. The maximum Gasteiger partial charge on any atom is 0.490 e. The fraction of sp³-hybridized carbons (Fsp3) is 0.310. The highest BCUT2D eigenvalue weighted by atomic mass is 19.4. The molecule has 1 aliphatic heterocycles. The van der Waals surface area contributed by atoms with Gasteiger partial charge in [-0.1, -0.05) is 25.1 Å². The summed E-state index contributed by atoms with van der Waals surface area (Å²) < 4.78 is 33.7. The van der Waals surface area contributed by atoms with Crippen molar-refractivity contribution >= 4 is 39.9 Å². The van der Waals surface area contributed by atoms with Gasteiger partial charge in [-0.15, -0.1) is 10.2 Å². The van der Waals surface area contributed by atoms with Gasteiger partial charge < -0.3 is 24.8 Å². The second-order valence-corrected chi connectivity index (χ2v) is 10.2. The number of benzene rings is 2. The minimum atomic E-state index is -5.08. The van der Waals surface area contributed by atoms with E-state index >= 15 is 0 Å². The number of anilines is 2. The lowest BCUT2D eigenvalue weighted by Crippen LogP contribution is -2.48. The topological polar surface area (TPSA) is 134 Å². The standard InChI is InChI=1S/C27H29N7O2.C2HF3O2/c1-18(11-25-31-29-17-33(25)3)19-5-4-6-22(12-19)30-27(36)24-14-21-13-23(8-7-20(21)15-28-24)34-10-9-32(2)26(35)16-34;3-2(4,5)1(6)7/h4-8,12-15,17-18H,9-11,16H2,1-3H3,(H,30,36);(H,6,7). The lowest BCUT2D eigenvalue weighted by atomic mass is 9.97. The van der Waals surface area contributed by atoms with Crippen LogP contribution in [-0.4, -0.2) is 80.4 Å². The van der Waals surface area contributed by atoms with Crippen LogP contribution in [0.3, 0.4) is 0 Å². The lowest BCUT2D eigenvalue weighted by molar-refractivity contribution is -0.192. The second-order valence-electron chi connectivity index (χ2n) is 10.2. The molecule has 14 heteroatoms. The highest BCUT2D eigenvalue weighted by Gasteiger charge is 2.38. The lowest BCUT2D eigenvalue weighted by Gasteiger charge is -2.33. The number of aromatic nitrogens is 4. The highest BCUT2D eigenvalue weighted by Crippen LogP contribution is 2.25. The van der Waals surface area contributed by atoms with Crippen molar-refractivity contribution in [1.29, 1.82) is 0 Å². The molecular weight excluding hydrogens is 567 g/mol. The number of carboxylic acids is 1. The van der Waals surface area contributed by atoms with Crippen molar-refractivity contribution in [2.24, 2.45) is 7.05 Å². The van der Waals surface area contributed by atoms with E-state index in [1.807, 2.05) is 55.1 Å². The summed E-state index contributed by atoms with van der Waals surface area (Å²) in [5.74, 6) is -1.80. The second kappa shape index (κ2) is 12.9. The number of amides is 2. The molecule has 1 unspecified atom stereocenters. The summed E-state index contributed by atoms with van der Waals surface area (Å²) in [6.45, 7) is 3.95. The van der Waals surface area contributed by atoms with Gasteiger partial charge in [0.2, 0.25) is 5.91 Å². The summed E-state index contributed by atoms with van der Waals surface area (Å²) in [6, 6.07) is 15.6. The molecule has 0 saturated carbocycles. The summed E-state index contributed by atoms with van der Waals surface area (Å²) in [5, 5.41) is 20.1. The monoisotopic (exact) mass is 597 g/mol. The van der Waals surface area contributed by atoms with Gasteiger partial charge in [0.1, 0.15) is 17.8 Å². The number of carbonyl (C=O) groups excluding carboxylic acids is 2. The van der Waals surface area contributed by atoms with E-state index < -0.39 is 12.1 Å². The number of likely N-dealkylation sites (N-methyl/N-ethyl adjacent to an activating group) is 1. The molecular formula is C29H30F3N7O4. The number of hydrogen-bond acceptors (Lipinski definition) is 7. The number of carboxylic acid groups (broad SMARTS) is 1. The number of nitrogens with one attached hydrogen (secondary N) is 1. The summed E-state index contributed by atoms with van der Waals surface area (Å²) in [6.07, 6.45) is -0.924. The van der Waals surface area contributed by atoms with E-state index in [1.165, 1.54) is 0 Å². The van der Waals surface area contributed by atoms with Crippen LogP contribution in [0.2, 0.25) is 0 Å². The number of rotatable bonds is 6. The third-order valence-electron chi connectivity index (χ3n) is 7.01. The van der Waals surface area contributed by atoms with Gasteiger partial charge in [0.15, 0.2) is 0 Å². The van der Waals surface area contributed by atoms with Crippen molar-refractivity contribution in [3.8, 4) is 0 Å². The molecule has 5 rings (SSSR count). The van der Waals surface area contributed by atoms with Crippen LogP contribution in [0.15, 0.2) is 61.1 Å². The number of aryl methyl sites for hydroxylation is 1. The molecule has 1 fully saturated rings. The Balaban J connectivity index is 0.000000541. The Morgan fingerprint density at radius 2 is 1.81 bits per heavy atom. The van der Waals surface area contributed by atoms with Crippen molar-refractivity contribution in [1.82, 2.24) is 24.6 Å². The molecule has 2 amide bonds. The molecule has 1 saturated heterocycles. The first-order valence-corrected chi connectivity index (χ1v) is 13.2. The maximum atomic E-state index is 13.0. The predicted octanol–water partition coefficient (Wildman–Crippen LogP) is 3.87. The summed E-state index contributed by atoms with van der Waals surface area (Å²) in [5.41, 5.74) is 3.13. The summed E-state index contributed by atoms with van der Waals surface area (Å²) in [4.78, 5) is 42.3. The largest absolute Gasteiger partial charge is 0.490 e. The van der Waals surface area contributed by atoms with Crippen LogP contribution in [0.4, 0.5) is 24.5 Å². The average Bonchev–Trinajstić information content (AvgIpc) is 3.37. The molecule has 2 aromatic carbocycles. The Bertz CT molecular complexity index is 1640. The van der Waals surface area contributed by atoms with Crippen LogP contribution in [0, 0.1) is 0 Å². The van der Waals surface area contributed by atoms with Gasteiger partial charge in [-0.2, -0.15) is 13.2 Å². The molecule has 4 aromatic rings. The van der Waals surface area contributed by atoms with E-state index in [9.17, 15) is 22.8 Å². The van der Waals surface area contributed by atoms with E-state index in [0.29, 0.717) is 24.5 Å². The number of nitrogens with zero attached hydrogens (tertiary/aromatic N) is 6. The molecule has 0 radical (unpaired) electrons. The fourth-order valence-electron chi connectivity index (χ4n) is 4.43. The summed E-state index contributed by atoms with van der Waals surface area (Å²) >= 11 is 0. The SMILES string of the molecule is CC(Cc1nncn1C)c1cccc(NC(=O)c2cc3cc(N4CCN(C)C(=O)C4)ccc3cn2)c1.O=C(O)C(F)(F)F. The quantitative estimate of drug-likeness (QED) is 0.342. The number of halogens is 3. The Morgan fingerprint density at radius 3 is 2.47 bits per heavy atom. The molecule has 1 atom stereocenters. The van der Waals surface area contributed by atoms with Crippen LogP contribution in [0.25, 0.3) is 10.8 Å². The van der Waals surface area contributed by atoms with Crippen LogP contribution in [0.1, 0.15) is 34.7 Å². The van der Waals surface area contributed by atoms with Gasteiger partial charge >= 0.3 is 12.1 Å². The molecule has 2 aromatic heterocycles. The van der Waals surface area contributed by atoms with Crippen molar-refractivity contribution in [3.05, 3.63) is 78.1 Å². The Labute approximate surface area is 244 Å². The van der Waals surface area contributed by atoms with Crippen LogP contribution in [-0.2, 0) is 23.1 Å². The molecule has 43 heavy (non-hydrogen) atoms. The first-order chi connectivity index (χ1) is 20.3. The first-order valence-electron chi connectivity index (χ1n) is 13.2. The van der Waals surface area contributed by atoms with E-state index in [-0.39, 0.29) is 17.7 Å². The predicted molar refractivity (Wildman–Crippen MR) is 153 cm³/mol. The summed E-state index contributed by atoms with van der Waals surface area (Å²) in [7, 11) is 3.76. The number of fused-ring (bicyclic) bond motifs is 1. The van der Waals surface area contributed by atoms with Crippen LogP contribution < -0.4 is 10.2 Å². The van der Waals surface area contributed by atoms with E-state index in [0.717, 1.165) is 40.8 Å². The molecule has 0 spiro atoms. The molecule has 1 aliphatic rings. The smallest absolute Gasteiger partial charge is 0.475 e. The normalized spacial score (nSPS) is 14.2. The zero-order chi connectivity index (χ0) is 31.3. The van der Waals surface area contributed by atoms with Crippen molar-refractivity contribution in [2.75, 3.05) is 36.9 Å². The number of piperazine rings is 1. The maximum absolute atomic E-state index is 13.0. The van der Waals surface area contributed by atoms with E-state index in [2.05, 4.69) is 38.4 Å². The van der Waals surface area contributed by atoms with E-state index in [1.54, 1.807) is 23.5 Å². The fourth-order valence-corrected chi connectivity index (χ4v) is 4.43. The number of aliphatic carboxylic acids is 1. The van der Waals surface area contributed by atoms with Gasteiger partial charge in [-0.3, -0.25) is 14.6 Å². The average molecular weight is 598 g/mol. The Kier molecular flexibility index (Phi) is 9.27. The molecule has 11 nitrogen and oxygen atoms in total. The Morgan fingerprint density at radius 1 is 1.07 bits per heavy atom. The number of alkyl halides is 3. The minimum Gasteiger partial charge on any atom is -0.475 e. The minimum absolute atomic E-state index is 0.101. The highest BCUT2D eigenvalue weighted by molar-refractivity contribution is 6.05. The van der Waals surface area contributed by atoms with Crippen molar-refractivity contribution in [3.63, 3.8) is 0 Å². The molecule has 3 heterocycles.